The summed E-state index contributed by atoms with van der Waals surface area (Å²) in [6.07, 6.45) is 2.10. The summed E-state index contributed by atoms with van der Waals surface area (Å²) in [5.74, 6) is 0. The van der Waals surface area contributed by atoms with Crippen LogP contribution in [0.3, 0.4) is 0 Å². The van der Waals surface area contributed by atoms with E-state index in [4.69, 9.17) is 21.2 Å². The van der Waals surface area contributed by atoms with E-state index in [0.29, 0.717) is 11.4 Å². The first kappa shape index (κ1) is 12.6. The van der Waals surface area contributed by atoms with Crippen molar-refractivity contribution >= 4 is 27.5 Å². The third-order valence-corrected chi connectivity index (χ3v) is 3.67. The van der Waals surface area contributed by atoms with Gasteiger partial charge in [-0.2, -0.15) is 0 Å². The van der Waals surface area contributed by atoms with E-state index < -0.39 is 0 Å². The average Bonchev–Trinajstić information content (AvgIpc) is 2.78. The van der Waals surface area contributed by atoms with Crippen molar-refractivity contribution in [2.45, 2.75) is 11.2 Å². The number of aromatic nitrogens is 1. The monoisotopic (exact) mass is 315 g/mol. The third-order valence-electron chi connectivity index (χ3n) is 2.46. The Kier molecular flexibility index (Phi) is 4.20. The second-order valence-corrected chi connectivity index (χ2v) is 4.96. The summed E-state index contributed by atoms with van der Waals surface area (Å²) in [6.45, 7) is 0.0779. The molecule has 0 radical (unpaired) electrons. The van der Waals surface area contributed by atoms with E-state index in [1.165, 1.54) is 0 Å². The summed E-state index contributed by atoms with van der Waals surface area (Å²) < 4.78 is 4.95. The second-order valence-electron chi connectivity index (χ2n) is 3.61. The van der Waals surface area contributed by atoms with E-state index in [2.05, 4.69) is 21.1 Å². The van der Waals surface area contributed by atoms with E-state index in [-0.39, 0.29) is 11.4 Å². The molecule has 5 heteroatoms. The lowest BCUT2D eigenvalue weighted by atomic mass is 10.1. The summed E-state index contributed by atoms with van der Waals surface area (Å²) in [4.78, 5) is -0.0555. The van der Waals surface area contributed by atoms with Crippen LogP contribution in [0.5, 0.6) is 0 Å². The molecule has 0 saturated carbocycles. The Hall–Kier alpha value is -0.840. The van der Waals surface area contributed by atoms with Gasteiger partial charge in [0.2, 0.25) is 0 Å². The van der Waals surface area contributed by atoms with Crippen LogP contribution in [0.4, 0.5) is 0 Å². The summed E-state index contributed by atoms with van der Waals surface area (Å²) in [5.41, 5.74) is 2.74. The fraction of sp³-hybridized carbons (Fsp3) is 0.250. The molecule has 0 amide bonds. The standard InChI is InChI=1S/C12H11BrClNO2/c13-11(8-1-3-10(14)4-2-8)12-9(5-6-16)7-17-15-12/h1-4,7,11,16H,5-6H2. The Morgan fingerprint density at radius 1 is 1.35 bits per heavy atom. The van der Waals surface area contributed by atoms with E-state index in [0.717, 1.165) is 16.8 Å². The number of alkyl halides is 1. The molecule has 17 heavy (non-hydrogen) atoms. The maximum absolute atomic E-state index is 8.95. The first-order valence-electron chi connectivity index (χ1n) is 5.16. The lowest BCUT2D eigenvalue weighted by molar-refractivity contribution is 0.299. The molecule has 0 saturated heterocycles. The van der Waals surface area contributed by atoms with Crippen molar-refractivity contribution in [1.29, 1.82) is 0 Å². The fourth-order valence-corrected chi connectivity index (χ4v) is 2.38. The number of nitrogens with zero attached hydrogens (tertiary/aromatic N) is 1. The van der Waals surface area contributed by atoms with E-state index in [9.17, 15) is 0 Å². The van der Waals surface area contributed by atoms with Gasteiger partial charge < -0.3 is 9.63 Å². The number of hydrogen-bond acceptors (Lipinski definition) is 3. The van der Waals surface area contributed by atoms with Crippen LogP contribution in [0.15, 0.2) is 35.1 Å². The van der Waals surface area contributed by atoms with Gasteiger partial charge in [0, 0.05) is 23.6 Å². The van der Waals surface area contributed by atoms with Crippen LogP contribution in [0.1, 0.15) is 21.6 Å². The Bertz CT molecular complexity index is 484. The number of halogens is 2. The summed E-state index contributed by atoms with van der Waals surface area (Å²) in [6, 6.07) is 7.52. The van der Waals surface area contributed by atoms with Crippen molar-refractivity contribution in [2.24, 2.45) is 0 Å². The van der Waals surface area contributed by atoms with Gasteiger partial charge in [-0.05, 0) is 17.7 Å². The first-order chi connectivity index (χ1) is 8.22. The minimum atomic E-state index is -0.0555. The van der Waals surface area contributed by atoms with Crippen LogP contribution in [-0.4, -0.2) is 16.9 Å². The molecule has 0 spiro atoms. The van der Waals surface area contributed by atoms with Gasteiger partial charge in [-0.1, -0.05) is 44.8 Å². The molecule has 0 aliphatic heterocycles. The highest BCUT2D eigenvalue weighted by Crippen LogP contribution is 2.32. The average molecular weight is 317 g/mol. The predicted molar refractivity (Wildman–Crippen MR) is 69.5 cm³/mol. The van der Waals surface area contributed by atoms with Gasteiger partial charge in [-0.25, -0.2) is 0 Å². The zero-order chi connectivity index (χ0) is 12.3. The second kappa shape index (κ2) is 5.67. The molecule has 1 atom stereocenters. The number of benzene rings is 1. The lowest BCUT2D eigenvalue weighted by Crippen LogP contribution is -1.99. The van der Waals surface area contributed by atoms with Crippen molar-refractivity contribution in [2.75, 3.05) is 6.61 Å². The van der Waals surface area contributed by atoms with Crippen molar-refractivity contribution in [3.8, 4) is 0 Å². The van der Waals surface area contributed by atoms with Gasteiger partial charge >= 0.3 is 0 Å². The Labute approximate surface area is 113 Å². The first-order valence-corrected chi connectivity index (χ1v) is 6.45. The highest BCUT2D eigenvalue weighted by molar-refractivity contribution is 9.09. The van der Waals surface area contributed by atoms with E-state index in [1.54, 1.807) is 6.26 Å². The Morgan fingerprint density at radius 2 is 2.06 bits per heavy atom. The van der Waals surface area contributed by atoms with E-state index in [1.807, 2.05) is 24.3 Å². The largest absolute Gasteiger partial charge is 0.396 e. The molecule has 0 aliphatic rings. The van der Waals surface area contributed by atoms with Crippen molar-refractivity contribution in [3.05, 3.63) is 52.4 Å². The van der Waals surface area contributed by atoms with Gasteiger partial charge in [-0.3, -0.25) is 0 Å². The zero-order valence-electron chi connectivity index (χ0n) is 8.94. The molecule has 1 aromatic carbocycles. The zero-order valence-corrected chi connectivity index (χ0v) is 11.3. The summed E-state index contributed by atoms with van der Waals surface area (Å²) >= 11 is 9.41. The molecule has 0 aliphatic carbocycles. The van der Waals surface area contributed by atoms with Crippen molar-refractivity contribution in [1.82, 2.24) is 5.16 Å². The van der Waals surface area contributed by atoms with Gasteiger partial charge in [0.25, 0.3) is 0 Å². The molecule has 1 N–H and O–H groups in total. The van der Waals surface area contributed by atoms with Crippen LogP contribution >= 0.6 is 27.5 Å². The smallest absolute Gasteiger partial charge is 0.127 e. The highest BCUT2D eigenvalue weighted by Gasteiger charge is 2.18. The van der Waals surface area contributed by atoms with Crippen LogP contribution in [-0.2, 0) is 6.42 Å². The van der Waals surface area contributed by atoms with Crippen LogP contribution in [0, 0.1) is 0 Å². The SMILES string of the molecule is OCCc1conc1C(Br)c1ccc(Cl)cc1. The quantitative estimate of drug-likeness (QED) is 0.880. The van der Waals surface area contributed by atoms with Gasteiger partial charge in [-0.15, -0.1) is 0 Å². The Balaban J connectivity index is 2.26. The third kappa shape index (κ3) is 2.89. The Morgan fingerprint density at radius 3 is 2.71 bits per heavy atom. The predicted octanol–water partition coefficient (Wildman–Crippen LogP) is 3.35. The number of aliphatic hydroxyl groups is 1. The maximum Gasteiger partial charge on any atom is 0.127 e. The number of aliphatic hydroxyl groups excluding tert-OH is 1. The molecule has 1 unspecified atom stereocenters. The van der Waals surface area contributed by atoms with Crippen LogP contribution < -0.4 is 0 Å². The molecule has 0 fully saturated rings. The van der Waals surface area contributed by atoms with Crippen molar-refractivity contribution < 1.29 is 9.63 Å². The molecule has 2 rings (SSSR count). The molecule has 1 aromatic heterocycles. The summed E-state index contributed by atoms with van der Waals surface area (Å²) in [7, 11) is 0. The molecule has 3 nitrogen and oxygen atoms in total. The molecule has 2 aromatic rings. The topological polar surface area (TPSA) is 46.3 Å². The lowest BCUT2D eigenvalue weighted by Gasteiger charge is -2.08. The normalized spacial score (nSPS) is 12.6. The van der Waals surface area contributed by atoms with Gasteiger partial charge in [0.05, 0.1) is 4.83 Å². The van der Waals surface area contributed by atoms with Gasteiger partial charge in [0.15, 0.2) is 0 Å². The van der Waals surface area contributed by atoms with Crippen LogP contribution in [0.2, 0.25) is 5.02 Å². The van der Waals surface area contributed by atoms with Gasteiger partial charge in [0.1, 0.15) is 12.0 Å². The van der Waals surface area contributed by atoms with Crippen molar-refractivity contribution in [3.63, 3.8) is 0 Å². The highest BCUT2D eigenvalue weighted by atomic mass is 79.9. The molecule has 0 bridgehead atoms. The van der Waals surface area contributed by atoms with Crippen LogP contribution in [0.25, 0.3) is 0 Å². The number of rotatable bonds is 4. The summed E-state index contributed by atoms with van der Waals surface area (Å²) in [5, 5.41) is 13.6. The molecular formula is C12H11BrClNO2. The minimum Gasteiger partial charge on any atom is -0.396 e. The van der Waals surface area contributed by atoms with E-state index >= 15 is 0 Å². The maximum atomic E-state index is 8.95. The molecular weight excluding hydrogens is 305 g/mol. The molecule has 1 heterocycles. The molecule has 90 valence electrons. The number of hydrogen-bond donors (Lipinski definition) is 1. The fourth-order valence-electron chi connectivity index (χ4n) is 1.57. The minimum absolute atomic E-state index is 0.0555.